The minimum absolute atomic E-state index is 0.331. The van der Waals surface area contributed by atoms with Crippen molar-refractivity contribution in [1.82, 2.24) is 4.90 Å². The van der Waals surface area contributed by atoms with E-state index in [4.69, 9.17) is 14.9 Å². The molecule has 0 amide bonds. The quantitative estimate of drug-likeness (QED) is 0.415. The zero-order chi connectivity index (χ0) is 22.2. The number of benzene rings is 3. The molecule has 0 unspecified atom stereocenters. The van der Waals surface area contributed by atoms with Crippen LogP contribution in [0.3, 0.4) is 0 Å². The van der Waals surface area contributed by atoms with Crippen molar-refractivity contribution in [2.75, 3.05) is 13.1 Å². The van der Waals surface area contributed by atoms with Crippen molar-refractivity contribution in [3.63, 3.8) is 0 Å². The molecule has 0 radical (unpaired) electrons. The smallest absolute Gasteiger partial charge is 0.309 e. The van der Waals surface area contributed by atoms with E-state index in [-0.39, 0.29) is 11.7 Å². The Hall–Kier alpha value is -3.77. The van der Waals surface area contributed by atoms with Crippen LogP contribution >= 0.6 is 0 Å². The van der Waals surface area contributed by atoms with E-state index in [0.29, 0.717) is 42.3 Å². The number of halogens is 1. The molecule has 160 valence electrons. The van der Waals surface area contributed by atoms with Gasteiger partial charge in [-0.15, -0.1) is 0 Å². The molecule has 4 aromatic rings. The van der Waals surface area contributed by atoms with Gasteiger partial charge in [-0.05, 0) is 47.5 Å². The number of hydrogen-bond donors (Lipinski definition) is 2. The Balaban J connectivity index is 1.36. The highest BCUT2D eigenvalue weighted by molar-refractivity contribution is 6.12. The maximum Gasteiger partial charge on any atom is 0.309 e. The SMILES string of the molecule is N=C(c1ccccc1)c1ccc2oc(-c3ccc(CN4CC(C(=O)O)C4)cc3F)cc2c1. The molecule has 0 spiro atoms. The molecular formula is C26H21FN2O3. The number of likely N-dealkylation sites (tertiary alicyclic amines) is 1. The fourth-order valence-corrected chi connectivity index (χ4v) is 4.07. The van der Waals surface area contributed by atoms with Gasteiger partial charge < -0.3 is 9.52 Å². The van der Waals surface area contributed by atoms with Crippen LogP contribution in [0.4, 0.5) is 4.39 Å². The number of fused-ring (bicyclic) bond motifs is 1. The molecule has 1 fully saturated rings. The standard InChI is InChI=1S/C26H21FN2O3/c27-22-10-16(13-29-14-20(15-29)26(30)31)6-8-21(22)24-12-19-11-18(7-9-23(19)32-24)25(28)17-4-2-1-3-5-17/h1-12,20,28H,13-15H2,(H,30,31). The molecule has 0 saturated carbocycles. The lowest BCUT2D eigenvalue weighted by Crippen LogP contribution is -2.49. The predicted molar refractivity (Wildman–Crippen MR) is 120 cm³/mol. The number of hydrogen-bond acceptors (Lipinski definition) is 4. The number of aliphatic carboxylic acids is 1. The molecule has 1 aromatic heterocycles. The summed E-state index contributed by atoms with van der Waals surface area (Å²) < 4.78 is 20.7. The summed E-state index contributed by atoms with van der Waals surface area (Å²) in [7, 11) is 0. The van der Waals surface area contributed by atoms with Crippen molar-refractivity contribution in [2.45, 2.75) is 6.54 Å². The van der Waals surface area contributed by atoms with Gasteiger partial charge in [-0.25, -0.2) is 4.39 Å². The zero-order valence-corrected chi connectivity index (χ0v) is 17.2. The summed E-state index contributed by atoms with van der Waals surface area (Å²) in [6.45, 7) is 1.50. The number of carboxylic acids is 1. The molecule has 3 aromatic carbocycles. The molecule has 2 N–H and O–H groups in total. The minimum Gasteiger partial charge on any atom is -0.481 e. The minimum atomic E-state index is -0.783. The van der Waals surface area contributed by atoms with Crippen LogP contribution in [0.1, 0.15) is 16.7 Å². The Morgan fingerprint density at radius 3 is 2.53 bits per heavy atom. The second-order valence-electron chi connectivity index (χ2n) is 8.15. The van der Waals surface area contributed by atoms with Gasteiger partial charge in [-0.3, -0.25) is 15.1 Å². The van der Waals surface area contributed by atoms with Crippen LogP contribution in [0.25, 0.3) is 22.3 Å². The average molecular weight is 428 g/mol. The van der Waals surface area contributed by atoms with E-state index in [9.17, 15) is 9.18 Å². The summed E-state index contributed by atoms with van der Waals surface area (Å²) in [6.07, 6.45) is 0. The van der Waals surface area contributed by atoms with Gasteiger partial charge in [-0.1, -0.05) is 36.4 Å². The third-order valence-corrected chi connectivity index (χ3v) is 5.88. The van der Waals surface area contributed by atoms with Gasteiger partial charge in [0.05, 0.1) is 17.2 Å². The Kier molecular flexibility index (Phi) is 5.07. The van der Waals surface area contributed by atoms with Gasteiger partial charge in [0, 0.05) is 30.6 Å². The lowest BCUT2D eigenvalue weighted by Gasteiger charge is -2.36. The van der Waals surface area contributed by atoms with Crippen LogP contribution in [0, 0.1) is 17.1 Å². The molecule has 0 atom stereocenters. The molecular weight excluding hydrogens is 407 g/mol. The number of furan rings is 1. The van der Waals surface area contributed by atoms with Gasteiger partial charge in [0.2, 0.25) is 0 Å². The molecule has 0 bridgehead atoms. The lowest BCUT2D eigenvalue weighted by atomic mass is 9.99. The highest BCUT2D eigenvalue weighted by atomic mass is 19.1. The number of nitrogens with zero attached hydrogens (tertiary/aromatic N) is 1. The molecule has 1 aliphatic rings. The van der Waals surface area contributed by atoms with Crippen molar-refractivity contribution >= 4 is 22.7 Å². The van der Waals surface area contributed by atoms with Crippen LogP contribution in [-0.2, 0) is 11.3 Å². The Morgan fingerprint density at radius 2 is 1.81 bits per heavy atom. The van der Waals surface area contributed by atoms with Gasteiger partial charge in [0.1, 0.15) is 17.2 Å². The second kappa shape index (κ2) is 8.05. The number of carboxylic acid groups (broad SMARTS) is 1. The first kappa shape index (κ1) is 20.2. The largest absolute Gasteiger partial charge is 0.481 e. The van der Waals surface area contributed by atoms with Crippen LogP contribution in [0.5, 0.6) is 0 Å². The highest BCUT2D eigenvalue weighted by Crippen LogP contribution is 2.31. The highest BCUT2D eigenvalue weighted by Gasteiger charge is 2.32. The van der Waals surface area contributed by atoms with E-state index in [0.717, 1.165) is 22.1 Å². The first-order valence-corrected chi connectivity index (χ1v) is 10.4. The summed E-state index contributed by atoms with van der Waals surface area (Å²) in [6, 6.07) is 21.8. The summed E-state index contributed by atoms with van der Waals surface area (Å²) in [5.74, 6) is -1.06. The summed E-state index contributed by atoms with van der Waals surface area (Å²) in [5.41, 5.74) is 3.81. The zero-order valence-electron chi connectivity index (χ0n) is 17.2. The van der Waals surface area contributed by atoms with E-state index in [1.165, 1.54) is 6.07 Å². The predicted octanol–water partition coefficient (Wildman–Crippen LogP) is 5.17. The second-order valence-corrected chi connectivity index (χ2v) is 8.15. The summed E-state index contributed by atoms with van der Waals surface area (Å²) >= 11 is 0. The van der Waals surface area contributed by atoms with Crippen molar-refractivity contribution in [1.29, 1.82) is 5.41 Å². The van der Waals surface area contributed by atoms with Crippen LogP contribution in [0.15, 0.2) is 77.2 Å². The first-order chi connectivity index (χ1) is 15.5. The fourth-order valence-electron chi connectivity index (χ4n) is 4.07. The molecule has 0 aliphatic carbocycles. The first-order valence-electron chi connectivity index (χ1n) is 10.4. The van der Waals surface area contributed by atoms with E-state index >= 15 is 0 Å². The molecule has 5 nitrogen and oxygen atoms in total. The number of carbonyl (C=O) groups is 1. The van der Waals surface area contributed by atoms with Crippen LogP contribution in [0.2, 0.25) is 0 Å². The van der Waals surface area contributed by atoms with Crippen molar-refractivity contribution in [2.24, 2.45) is 5.92 Å². The maximum absolute atomic E-state index is 14.9. The lowest BCUT2D eigenvalue weighted by molar-refractivity contribution is -0.147. The molecule has 1 saturated heterocycles. The van der Waals surface area contributed by atoms with Crippen LogP contribution < -0.4 is 0 Å². The normalized spacial score (nSPS) is 14.4. The molecule has 32 heavy (non-hydrogen) atoms. The Labute approximate surface area is 184 Å². The van der Waals surface area contributed by atoms with Crippen molar-refractivity contribution in [3.05, 3.63) is 95.3 Å². The Morgan fingerprint density at radius 1 is 1.03 bits per heavy atom. The van der Waals surface area contributed by atoms with E-state index < -0.39 is 5.97 Å². The van der Waals surface area contributed by atoms with Gasteiger partial charge in [0.25, 0.3) is 0 Å². The Bertz CT molecular complexity index is 1320. The van der Waals surface area contributed by atoms with Crippen LogP contribution in [-0.4, -0.2) is 34.8 Å². The van der Waals surface area contributed by atoms with Gasteiger partial charge >= 0.3 is 5.97 Å². The van der Waals surface area contributed by atoms with Gasteiger partial charge in [0.15, 0.2) is 0 Å². The molecule has 1 aliphatic heterocycles. The molecule has 5 rings (SSSR count). The number of rotatable bonds is 6. The van der Waals surface area contributed by atoms with Gasteiger partial charge in [-0.2, -0.15) is 0 Å². The van der Waals surface area contributed by atoms with E-state index in [1.807, 2.05) is 53.4 Å². The fraction of sp³-hybridized carbons (Fsp3) is 0.154. The maximum atomic E-state index is 14.9. The third-order valence-electron chi connectivity index (χ3n) is 5.88. The van der Waals surface area contributed by atoms with Crippen molar-refractivity contribution < 1.29 is 18.7 Å². The number of nitrogens with one attached hydrogen (secondary N) is 1. The monoisotopic (exact) mass is 428 g/mol. The topological polar surface area (TPSA) is 77.5 Å². The average Bonchev–Trinajstić information content (AvgIpc) is 3.18. The van der Waals surface area contributed by atoms with E-state index in [2.05, 4.69) is 0 Å². The summed E-state index contributed by atoms with van der Waals surface area (Å²) in [4.78, 5) is 12.9. The molecule has 2 heterocycles. The molecule has 6 heteroatoms. The van der Waals surface area contributed by atoms with E-state index in [1.54, 1.807) is 18.2 Å². The third kappa shape index (κ3) is 3.81. The van der Waals surface area contributed by atoms with Crippen molar-refractivity contribution in [3.8, 4) is 11.3 Å². The summed E-state index contributed by atoms with van der Waals surface area (Å²) in [5, 5.41) is 18.2.